The number of furan rings is 1. The van der Waals surface area contributed by atoms with E-state index in [1.807, 2.05) is 0 Å². The van der Waals surface area contributed by atoms with Gasteiger partial charge in [-0.25, -0.2) is 8.42 Å². The number of hydrogen-bond donors (Lipinski definition) is 1. The first-order valence-electron chi connectivity index (χ1n) is 5.40. The zero-order valence-electron chi connectivity index (χ0n) is 9.97. The predicted octanol–water partition coefficient (Wildman–Crippen LogP) is 1.13. The third-order valence-corrected chi connectivity index (χ3v) is 4.68. The summed E-state index contributed by atoms with van der Waals surface area (Å²) in [6.45, 7) is 3.41. The molecular formula is C11H17NO4S. The maximum atomic E-state index is 11.6. The highest BCUT2D eigenvalue weighted by Crippen LogP contribution is 2.11. The van der Waals surface area contributed by atoms with E-state index < -0.39 is 15.1 Å². The van der Waals surface area contributed by atoms with Gasteiger partial charge in [0, 0.05) is 6.42 Å². The van der Waals surface area contributed by atoms with Gasteiger partial charge in [0.05, 0.1) is 17.5 Å². The minimum atomic E-state index is -3.19. The summed E-state index contributed by atoms with van der Waals surface area (Å²) < 4.78 is 28.2. The molecule has 1 aromatic rings. The highest BCUT2D eigenvalue weighted by molar-refractivity contribution is 7.91. The molecule has 96 valence electrons. The Morgan fingerprint density at radius 3 is 2.53 bits per heavy atom. The van der Waals surface area contributed by atoms with Gasteiger partial charge in [0.15, 0.2) is 21.4 Å². The molecule has 1 rings (SSSR count). The largest absolute Gasteiger partial charge is 0.457 e. The topological polar surface area (TPSA) is 90.4 Å². The number of Topliss-reactive ketones (excluding diaryl/α,β-unsaturated/α-hetero) is 1. The lowest BCUT2D eigenvalue weighted by Gasteiger charge is -2.05. The predicted molar refractivity (Wildman–Crippen MR) is 64.5 cm³/mol. The Kier molecular flexibility index (Phi) is 4.47. The van der Waals surface area contributed by atoms with Gasteiger partial charge in [-0.2, -0.15) is 0 Å². The smallest absolute Gasteiger partial charge is 0.199 e. The molecular weight excluding hydrogens is 242 g/mol. The third-order valence-electron chi connectivity index (χ3n) is 2.47. The van der Waals surface area contributed by atoms with Crippen LogP contribution in [0, 0.1) is 0 Å². The third kappa shape index (κ3) is 3.67. The number of carbonyl (C=O) groups is 1. The maximum Gasteiger partial charge on any atom is 0.199 e. The number of rotatable bonds is 6. The summed E-state index contributed by atoms with van der Waals surface area (Å²) in [5.41, 5.74) is 5.35. The molecule has 0 atom stereocenters. The van der Waals surface area contributed by atoms with Crippen molar-refractivity contribution in [3.63, 3.8) is 0 Å². The Bertz CT molecular complexity index is 487. The minimum Gasteiger partial charge on any atom is -0.457 e. The molecule has 17 heavy (non-hydrogen) atoms. The van der Waals surface area contributed by atoms with Crippen molar-refractivity contribution in [1.82, 2.24) is 0 Å². The van der Waals surface area contributed by atoms with Crippen LogP contribution in [0.5, 0.6) is 0 Å². The molecule has 0 spiro atoms. The van der Waals surface area contributed by atoms with E-state index in [0.29, 0.717) is 5.76 Å². The Morgan fingerprint density at radius 1 is 1.41 bits per heavy atom. The molecule has 1 aromatic heterocycles. The molecule has 0 aliphatic rings. The second-order valence-corrected chi connectivity index (χ2v) is 6.74. The summed E-state index contributed by atoms with van der Waals surface area (Å²) in [7, 11) is -3.19. The van der Waals surface area contributed by atoms with Gasteiger partial charge in [0.25, 0.3) is 0 Å². The summed E-state index contributed by atoms with van der Waals surface area (Å²) in [5.74, 6) is 0.223. The highest BCUT2D eigenvalue weighted by atomic mass is 32.2. The van der Waals surface area contributed by atoms with Crippen molar-refractivity contribution in [2.75, 3.05) is 5.75 Å². The van der Waals surface area contributed by atoms with E-state index in [1.165, 1.54) is 6.07 Å². The normalized spacial score (nSPS) is 12.0. The summed E-state index contributed by atoms with van der Waals surface area (Å²) in [6.07, 6.45) is -0.0575. The zero-order valence-corrected chi connectivity index (χ0v) is 10.8. The van der Waals surface area contributed by atoms with E-state index in [-0.39, 0.29) is 30.3 Å². The van der Waals surface area contributed by atoms with Crippen LogP contribution in [0.1, 0.15) is 36.6 Å². The summed E-state index contributed by atoms with van der Waals surface area (Å²) in [4.78, 5) is 11.6. The number of nitrogens with two attached hydrogens (primary N) is 1. The fourth-order valence-corrected chi connectivity index (χ4v) is 2.17. The van der Waals surface area contributed by atoms with Crippen LogP contribution < -0.4 is 5.73 Å². The Morgan fingerprint density at radius 2 is 2.06 bits per heavy atom. The van der Waals surface area contributed by atoms with Crippen LogP contribution in [0.3, 0.4) is 0 Å². The van der Waals surface area contributed by atoms with Gasteiger partial charge in [-0.05, 0) is 26.0 Å². The van der Waals surface area contributed by atoms with E-state index in [4.69, 9.17) is 10.2 Å². The Balaban J connectivity index is 2.62. The number of carbonyl (C=O) groups excluding carboxylic acids is 1. The molecule has 0 saturated carbocycles. The number of sulfone groups is 1. The van der Waals surface area contributed by atoms with Gasteiger partial charge >= 0.3 is 0 Å². The molecule has 2 N–H and O–H groups in total. The van der Waals surface area contributed by atoms with Crippen LogP contribution in [0.4, 0.5) is 0 Å². The van der Waals surface area contributed by atoms with Crippen LogP contribution in [0.2, 0.25) is 0 Å². The summed E-state index contributed by atoms with van der Waals surface area (Å²) >= 11 is 0. The van der Waals surface area contributed by atoms with Gasteiger partial charge in [0.2, 0.25) is 0 Å². The lowest BCUT2D eigenvalue weighted by Crippen LogP contribution is -2.19. The van der Waals surface area contributed by atoms with Gasteiger partial charge < -0.3 is 10.2 Å². The van der Waals surface area contributed by atoms with E-state index in [2.05, 4.69) is 0 Å². The van der Waals surface area contributed by atoms with Crippen LogP contribution in [-0.4, -0.2) is 25.2 Å². The second-order valence-electron chi connectivity index (χ2n) is 4.06. The first-order chi connectivity index (χ1) is 7.86. The molecule has 0 bridgehead atoms. The first kappa shape index (κ1) is 13.9. The van der Waals surface area contributed by atoms with Gasteiger partial charge in [0.1, 0.15) is 5.76 Å². The first-order valence-corrected chi connectivity index (χ1v) is 7.12. The average molecular weight is 259 g/mol. The molecule has 0 aromatic carbocycles. The number of ketones is 1. The van der Waals surface area contributed by atoms with E-state index in [9.17, 15) is 13.2 Å². The lowest BCUT2D eigenvalue weighted by molar-refractivity contribution is 0.0960. The van der Waals surface area contributed by atoms with Crippen molar-refractivity contribution in [1.29, 1.82) is 0 Å². The van der Waals surface area contributed by atoms with Crippen molar-refractivity contribution >= 4 is 15.6 Å². The average Bonchev–Trinajstić information content (AvgIpc) is 2.74. The van der Waals surface area contributed by atoms with E-state index in [0.717, 1.165) is 0 Å². The SMILES string of the molecule is CC(C)S(=O)(=O)CCC(=O)c1ccc(CN)o1. The van der Waals surface area contributed by atoms with Crippen molar-refractivity contribution in [2.45, 2.75) is 32.1 Å². The van der Waals surface area contributed by atoms with E-state index >= 15 is 0 Å². The van der Waals surface area contributed by atoms with Crippen LogP contribution in [-0.2, 0) is 16.4 Å². The molecule has 0 unspecified atom stereocenters. The fourth-order valence-electron chi connectivity index (χ4n) is 1.23. The lowest BCUT2D eigenvalue weighted by atomic mass is 10.2. The zero-order chi connectivity index (χ0) is 13.1. The monoisotopic (exact) mass is 259 g/mol. The van der Waals surface area contributed by atoms with E-state index in [1.54, 1.807) is 19.9 Å². The quantitative estimate of drug-likeness (QED) is 0.773. The second kappa shape index (κ2) is 5.46. The molecule has 5 nitrogen and oxygen atoms in total. The molecule has 0 fully saturated rings. The van der Waals surface area contributed by atoms with Crippen molar-refractivity contribution < 1.29 is 17.6 Å². The molecule has 0 saturated heterocycles. The van der Waals surface area contributed by atoms with Crippen molar-refractivity contribution in [3.8, 4) is 0 Å². The summed E-state index contributed by atoms with van der Waals surface area (Å²) in [5, 5.41) is -0.466. The van der Waals surface area contributed by atoms with Crippen molar-refractivity contribution in [3.05, 3.63) is 23.7 Å². The Labute approximate surface area is 101 Å². The summed E-state index contributed by atoms with van der Waals surface area (Å²) in [6, 6.07) is 3.14. The molecule has 0 aliphatic heterocycles. The maximum absolute atomic E-state index is 11.6. The Hall–Kier alpha value is -1.14. The van der Waals surface area contributed by atoms with Gasteiger partial charge in [-0.3, -0.25) is 4.79 Å². The van der Waals surface area contributed by atoms with Crippen LogP contribution in [0.15, 0.2) is 16.5 Å². The fraction of sp³-hybridized carbons (Fsp3) is 0.545. The molecule has 0 radical (unpaired) electrons. The number of hydrogen-bond acceptors (Lipinski definition) is 5. The van der Waals surface area contributed by atoms with Crippen molar-refractivity contribution in [2.24, 2.45) is 5.73 Å². The van der Waals surface area contributed by atoms with Gasteiger partial charge in [-0.15, -0.1) is 0 Å². The standard InChI is InChI=1S/C11H17NO4S/c1-8(2)17(14,15)6-5-10(13)11-4-3-9(7-12)16-11/h3-4,8H,5-7,12H2,1-2H3. The molecule has 0 amide bonds. The minimum absolute atomic E-state index is 0.0575. The highest BCUT2D eigenvalue weighted by Gasteiger charge is 2.19. The molecule has 6 heteroatoms. The van der Waals surface area contributed by atoms with Gasteiger partial charge in [-0.1, -0.05) is 0 Å². The van der Waals surface area contributed by atoms with Crippen LogP contribution in [0.25, 0.3) is 0 Å². The molecule has 1 heterocycles. The van der Waals surface area contributed by atoms with Crippen LogP contribution >= 0.6 is 0 Å². The molecule has 0 aliphatic carbocycles.